The van der Waals surface area contributed by atoms with Gasteiger partial charge in [0.2, 0.25) is 5.91 Å². The summed E-state index contributed by atoms with van der Waals surface area (Å²) in [7, 11) is 0. The van der Waals surface area contributed by atoms with Crippen molar-refractivity contribution in [3.8, 4) is 0 Å². The maximum absolute atomic E-state index is 12.8. The molecule has 0 unspecified atom stereocenters. The summed E-state index contributed by atoms with van der Waals surface area (Å²) < 4.78 is 0. The molecular weight excluding hydrogens is 365 g/mol. The van der Waals surface area contributed by atoms with Crippen LogP contribution in [0.1, 0.15) is 38.5 Å². The minimum atomic E-state index is -0.846. The van der Waals surface area contributed by atoms with Crippen molar-refractivity contribution in [3.05, 3.63) is 28.2 Å². The number of benzene rings is 1. The van der Waals surface area contributed by atoms with E-state index in [9.17, 15) is 14.4 Å². The van der Waals surface area contributed by atoms with Crippen molar-refractivity contribution in [2.75, 3.05) is 11.9 Å². The molecule has 0 atom stereocenters. The van der Waals surface area contributed by atoms with Crippen LogP contribution in [0.25, 0.3) is 0 Å². The summed E-state index contributed by atoms with van der Waals surface area (Å²) >= 11 is 11.9. The maximum atomic E-state index is 12.8. The van der Waals surface area contributed by atoms with Crippen LogP contribution in [0.4, 0.5) is 10.5 Å². The molecular formula is C17H19Cl2N3O3. The van der Waals surface area contributed by atoms with Crippen molar-refractivity contribution in [3.63, 3.8) is 0 Å². The number of amides is 4. The van der Waals surface area contributed by atoms with Gasteiger partial charge in [-0.2, -0.15) is 0 Å². The van der Waals surface area contributed by atoms with Gasteiger partial charge in [-0.15, -0.1) is 0 Å². The zero-order valence-corrected chi connectivity index (χ0v) is 15.1. The van der Waals surface area contributed by atoms with E-state index < -0.39 is 17.5 Å². The Hall–Kier alpha value is -1.79. The van der Waals surface area contributed by atoms with E-state index in [-0.39, 0.29) is 12.5 Å². The minimum Gasteiger partial charge on any atom is -0.323 e. The van der Waals surface area contributed by atoms with Gasteiger partial charge in [0.1, 0.15) is 12.1 Å². The lowest BCUT2D eigenvalue weighted by Crippen LogP contribution is -2.47. The van der Waals surface area contributed by atoms with E-state index in [1.807, 2.05) is 0 Å². The molecule has 4 amide bonds. The van der Waals surface area contributed by atoms with Crippen LogP contribution in [0.5, 0.6) is 0 Å². The SMILES string of the molecule is O=C(CN1C(=O)NC2(CCCCCC2)C1=O)Nc1cc(Cl)ccc1Cl. The first kappa shape index (κ1) is 18.0. The molecule has 1 aromatic rings. The normalized spacial score (nSPS) is 19.7. The predicted octanol–water partition coefficient (Wildman–Crippen LogP) is 3.58. The van der Waals surface area contributed by atoms with Crippen LogP contribution in [-0.4, -0.2) is 34.8 Å². The zero-order chi connectivity index (χ0) is 18.0. The molecule has 0 bridgehead atoms. The molecule has 1 aliphatic heterocycles. The van der Waals surface area contributed by atoms with Crippen molar-refractivity contribution >= 4 is 46.7 Å². The molecule has 1 saturated heterocycles. The van der Waals surface area contributed by atoms with Crippen molar-refractivity contribution in [1.82, 2.24) is 10.2 Å². The van der Waals surface area contributed by atoms with Crippen molar-refractivity contribution < 1.29 is 14.4 Å². The molecule has 2 fully saturated rings. The quantitative estimate of drug-likeness (QED) is 0.782. The van der Waals surface area contributed by atoms with Gasteiger partial charge < -0.3 is 10.6 Å². The van der Waals surface area contributed by atoms with Crippen LogP contribution < -0.4 is 10.6 Å². The largest absolute Gasteiger partial charge is 0.325 e. The third-order valence-corrected chi connectivity index (χ3v) is 5.27. The van der Waals surface area contributed by atoms with Gasteiger partial charge in [0.15, 0.2) is 0 Å². The van der Waals surface area contributed by atoms with Crippen LogP contribution in [0.2, 0.25) is 10.0 Å². The third-order valence-electron chi connectivity index (χ3n) is 4.71. The molecule has 25 heavy (non-hydrogen) atoms. The first-order valence-electron chi connectivity index (χ1n) is 8.30. The molecule has 2 N–H and O–H groups in total. The van der Waals surface area contributed by atoms with Gasteiger partial charge in [-0.25, -0.2) is 4.79 Å². The molecule has 134 valence electrons. The summed E-state index contributed by atoms with van der Waals surface area (Å²) in [5.41, 5.74) is -0.503. The van der Waals surface area contributed by atoms with Gasteiger partial charge >= 0.3 is 6.03 Å². The summed E-state index contributed by atoms with van der Waals surface area (Å²) in [5.74, 6) is -0.815. The van der Waals surface area contributed by atoms with Gasteiger partial charge in [-0.1, -0.05) is 48.9 Å². The number of nitrogens with one attached hydrogen (secondary N) is 2. The Kier molecular flexibility index (Phi) is 5.20. The number of rotatable bonds is 3. The average molecular weight is 384 g/mol. The number of anilines is 1. The highest BCUT2D eigenvalue weighted by Crippen LogP contribution is 2.32. The summed E-state index contributed by atoms with van der Waals surface area (Å²) in [6.07, 6.45) is 5.14. The highest BCUT2D eigenvalue weighted by Gasteiger charge is 2.51. The summed E-state index contributed by atoms with van der Waals surface area (Å²) in [6, 6.07) is 4.17. The number of halogens is 2. The molecule has 8 heteroatoms. The number of carbonyl (C=O) groups excluding carboxylic acids is 3. The molecule has 1 spiro atoms. The Morgan fingerprint density at radius 2 is 1.84 bits per heavy atom. The van der Waals surface area contributed by atoms with Gasteiger partial charge in [0.25, 0.3) is 5.91 Å². The Morgan fingerprint density at radius 3 is 2.52 bits per heavy atom. The van der Waals surface area contributed by atoms with E-state index in [2.05, 4.69) is 10.6 Å². The van der Waals surface area contributed by atoms with Crippen LogP contribution >= 0.6 is 23.2 Å². The van der Waals surface area contributed by atoms with E-state index in [0.29, 0.717) is 28.6 Å². The summed E-state index contributed by atoms with van der Waals surface area (Å²) in [4.78, 5) is 38.3. The number of carbonyl (C=O) groups is 3. The van der Waals surface area contributed by atoms with E-state index in [1.165, 1.54) is 6.07 Å². The van der Waals surface area contributed by atoms with E-state index in [1.54, 1.807) is 12.1 Å². The van der Waals surface area contributed by atoms with Crippen molar-refractivity contribution in [1.29, 1.82) is 0 Å². The van der Waals surface area contributed by atoms with Crippen molar-refractivity contribution in [2.45, 2.75) is 44.1 Å². The second kappa shape index (κ2) is 7.22. The number of urea groups is 1. The molecule has 3 rings (SSSR count). The van der Waals surface area contributed by atoms with Crippen LogP contribution in [0, 0.1) is 0 Å². The molecule has 1 heterocycles. The molecule has 1 saturated carbocycles. The van der Waals surface area contributed by atoms with Crippen LogP contribution in [0.3, 0.4) is 0 Å². The molecule has 0 radical (unpaired) electrons. The van der Waals surface area contributed by atoms with Gasteiger partial charge in [0.05, 0.1) is 10.7 Å². The fourth-order valence-electron chi connectivity index (χ4n) is 3.42. The molecule has 1 aromatic carbocycles. The number of hydrogen-bond donors (Lipinski definition) is 2. The maximum Gasteiger partial charge on any atom is 0.325 e. The number of nitrogens with zero attached hydrogens (tertiary/aromatic N) is 1. The Bertz CT molecular complexity index is 715. The minimum absolute atomic E-state index is 0.313. The monoisotopic (exact) mass is 383 g/mol. The topological polar surface area (TPSA) is 78.5 Å². The van der Waals surface area contributed by atoms with Crippen molar-refractivity contribution in [2.24, 2.45) is 0 Å². The van der Waals surface area contributed by atoms with E-state index in [4.69, 9.17) is 23.2 Å². The molecule has 1 aliphatic carbocycles. The Balaban J connectivity index is 1.69. The average Bonchev–Trinajstić information content (AvgIpc) is 2.74. The summed E-state index contributed by atoms with van der Waals surface area (Å²) in [5, 5.41) is 6.15. The van der Waals surface area contributed by atoms with E-state index >= 15 is 0 Å². The zero-order valence-electron chi connectivity index (χ0n) is 13.6. The molecule has 0 aromatic heterocycles. The highest BCUT2D eigenvalue weighted by atomic mass is 35.5. The predicted molar refractivity (Wildman–Crippen MR) is 95.8 cm³/mol. The highest BCUT2D eigenvalue weighted by molar-refractivity contribution is 6.35. The molecule has 6 nitrogen and oxygen atoms in total. The first-order valence-corrected chi connectivity index (χ1v) is 9.06. The summed E-state index contributed by atoms with van der Waals surface area (Å²) in [6.45, 7) is -0.352. The van der Waals surface area contributed by atoms with Crippen LogP contribution in [0.15, 0.2) is 18.2 Å². The first-order chi connectivity index (χ1) is 11.9. The molecule has 2 aliphatic rings. The second-order valence-electron chi connectivity index (χ2n) is 6.49. The fraction of sp³-hybridized carbons (Fsp3) is 0.471. The van der Waals surface area contributed by atoms with Gasteiger partial charge in [-0.05, 0) is 31.0 Å². The van der Waals surface area contributed by atoms with E-state index in [0.717, 1.165) is 30.6 Å². The smallest absolute Gasteiger partial charge is 0.323 e. The lowest BCUT2D eigenvalue weighted by molar-refractivity contribution is -0.134. The van der Waals surface area contributed by atoms with Crippen LogP contribution in [-0.2, 0) is 9.59 Å². The third kappa shape index (κ3) is 3.75. The second-order valence-corrected chi connectivity index (χ2v) is 7.33. The number of imide groups is 1. The lowest BCUT2D eigenvalue weighted by atomic mass is 9.90. The fourth-order valence-corrected chi connectivity index (χ4v) is 3.75. The van der Waals surface area contributed by atoms with Gasteiger partial charge in [-0.3, -0.25) is 14.5 Å². The van der Waals surface area contributed by atoms with Gasteiger partial charge in [0, 0.05) is 5.02 Å². The Labute approximate surface area is 155 Å². The number of hydrogen-bond acceptors (Lipinski definition) is 3. The lowest BCUT2D eigenvalue weighted by Gasteiger charge is -2.24. The Morgan fingerprint density at radius 1 is 1.16 bits per heavy atom. The standard InChI is InChI=1S/C17H19Cl2N3O3/c18-11-5-6-12(19)13(9-11)20-14(23)10-22-15(24)17(21-16(22)25)7-3-1-2-4-8-17/h5-6,9H,1-4,7-8,10H2,(H,20,23)(H,21,25).